The zero-order chi connectivity index (χ0) is 27.1. The number of methoxy groups -OCH3 is 1. The molecule has 40 heavy (non-hydrogen) atoms. The van der Waals surface area contributed by atoms with Crippen LogP contribution in [0.5, 0.6) is 11.5 Å². The van der Waals surface area contributed by atoms with Gasteiger partial charge in [0.05, 0.1) is 18.4 Å². The van der Waals surface area contributed by atoms with E-state index in [1.54, 1.807) is 7.11 Å². The van der Waals surface area contributed by atoms with Gasteiger partial charge in [-0.1, -0.05) is 91.0 Å². The molecule has 0 bridgehead atoms. The maximum atomic E-state index is 14.0. The summed E-state index contributed by atoms with van der Waals surface area (Å²) in [6, 6.07) is 40.2. The highest BCUT2D eigenvalue weighted by molar-refractivity contribution is 6.19. The number of ketones is 1. The molecule has 0 unspecified atom stereocenters. The predicted octanol–water partition coefficient (Wildman–Crippen LogP) is 8.79. The van der Waals surface area contributed by atoms with Crippen LogP contribution < -0.4 is 9.47 Å². The van der Waals surface area contributed by atoms with E-state index in [-0.39, 0.29) is 5.78 Å². The number of carbonyl (C=O) groups excluding carboxylic acids is 1. The van der Waals surface area contributed by atoms with Gasteiger partial charge in [0.15, 0.2) is 5.76 Å². The van der Waals surface area contributed by atoms with E-state index in [9.17, 15) is 4.79 Å². The van der Waals surface area contributed by atoms with E-state index in [2.05, 4.69) is 35.3 Å². The standard InChI is InChI=1S/C36H25NO3/c1-39-27-17-18-31-29(21-27)30(35(37-31)25-15-9-4-10-16-25)22-33-36(38)34-28(24-13-7-3-8-14-24)19-26(20-32(34)40-33)23-11-5-2-6-12-23/h2-22,37H,1H3/b33-22-. The number of fused-ring (bicyclic) bond motifs is 2. The number of H-pyrrole nitrogens is 1. The third-order valence-electron chi connectivity index (χ3n) is 7.35. The Morgan fingerprint density at radius 2 is 1.35 bits per heavy atom. The van der Waals surface area contributed by atoms with E-state index in [0.29, 0.717) is 17.1 Å². The fourth-order valence-electron chi connectivity index (χ4n) is 5.39. The van der Waals surface area contributed by atoms with Gasteiger partial charge in [0.2, 0.25) is 5.78 Å². The van der Waals surface area contributed by atoms with E-state index in [0.717, 1.165) is 55.7 Å². The minimum Gasteiger partial charge on any atom is -0.497 e. The number of hydrogen-bond acceptors (Lipinski definition) is 3. The van der Waals surface area contributed by atoms with Crippen LogP contribution in [0.3, 0.4) is 0 Å². The molecular formula is C36H25NO3. The van der Waals surface area contributed by atoms with Gasteiger partial charge >= 0.3 is 0 Å². The second-order valence-corrected chi connectivity index (χ2v) is 9.76. The van der Waals surface area contributed by atoms with Gasteiger partial charge in [-0.25, -0.2) is 0 Å². The second-order valence-electron chi connectivity index (χ2n) is 9.76. The molecule has 6 aromatic rings. The van der Waals surface area contributed by atoms with Crippen LogP contribution in [0.4, 0.5) is 0 Å². The van der Waals surface area contributed by atoms with Gasteiger partial charge in [0.1, 0.15) is 11.5 Å². The van der Waals surface area contributed by atoms with Crippen molar-refractivity contribution in [3.63, 3.8) is 0 Å². The van der Waals surface area contributed by atoms with Gasteiger partial charge in [0, 0.05) is 16.5 Å². The predicted molar refractivity (Wildman–Crippen MR) is 161 cm³/mol. The van der Waals surface area contributed by atoms with Crippen molar-refractivity contribution in [3.8, 4) is 45.0 Å². The van der Waals surface area contributed by atoms with E-state index < -0.39 is 0 Å². The minimum atomic E-state index is -0.135. The van der Waals surface area contributed by atoms with E-state index in [1.807, 2.05) is 97.1 Å². The van der Waals surface area contributed by atoms with E-state index >= 15 is 0 Å². The van der Waals surface area contributed by atoms with Crippen LogP contribution in [-0.4, -0.2) is 17.9 Å². The molecule has 0 fully saturated rings. The van der Waals surface area contributed by atoms with E-state index in [1.165, 1.54) is 0 Å². The summed E-state index contributed by atoms with van der Waals surface area (Å²) in [6.45, 7) is 0. The Kier molecular flexibility index (Phi) is 5.79. The number of ether oxygens (including phenoxy) is 2. The molecule has 7 rings (SSSR count). The number of hydrogen-bond donors (Lipinski definition) is 1. The van der Waals surface area contributed by atoms with Crippen LogP contribution in [0.25, 0.3) is 50.5 Å². The summed E-state index contributed by atoms with van der Waals surface area (Å²) in [6.07, 6.45) is 1.86. The molecule has 1 aliphatic rings. The topological polar surface area (TPSA) is 51.3 Å². The fraction of sp³-hybridized carbons (Fsp3) is 0.0278. The van der Waals surface area contributed by atoms with Crippen LogP contribution >= 0.6 is 0 Å². The van der Waals surface area contributed by atoms with Gasteiger partial charge in [-0.05, 0) is 64.2 Å². The molecule has 0 radical (unpaired) electrons. The number of nitrogens with one attached hydrogen (secondary N) is 1. The number of aromatic nitrogens is 1. The van der Waals surface area contributed by atoms with Gasteiger partial charge in [-0.2, -0.15) is 0 Å². The molecule has 0 amide bonds. The van der Waals surface area contributed by atoms with Gasteiger partial charge < -0.3 is 14.5 Å². The molecule has 4 nitrogen and oxygen atoms in total. The van der Waals surface area contributed by atoms with Crippen LogP contribution in [0.2, 0.25) is 0 Å². The summed E-state index contributed by atoms with van der Waals surface area (Å²) in [5, 5.41) is 0.950. The summed E-state index contributed by atoms with van der Waals surface area (Å²) in [7, 11) is 1.65. The first kappa shape index (κ1) is 23.7. The number of allylic oxidation sites excluding steroid dienone is 1. The molecular weight excluding hydrogens is 494 g/mol. The lowest BCUT2D eigenvalue weighted by Crippen LogP contribution is -2.00. The van der Waals surface area contributed by atoms with Crippen molar-refractivity contribution < 1.29 is 14.3 Å². The summed E-state index contributed by atoms with van der Waals surface area (Å²) in [5.74, 6) is 1.46. The van der Waals surface area contributed by atoms with Crippen LogP contribution in [-0.2, 0) is 0 Å². The molecule has 1 N–H and O–H groups in total. The average molecular weight is 520 g/mol. The Bertz CT molecular complexity index is 1900. The van der Waals surface area contributed by atoms with Crippen molar-refractivity contribution in [1.29, 1.82) is 0 Å². The van der Waals surface area contributed by atoms with Crippen molar-refractivity contribution in [3.05, 3.63) is 138 Å². The number of aromatic amines is 1. The monoisotopic (exact) mass is 519 g/mol. The number of rotatable bonds is 5. The average Bonchev–Trinajstić information content (AvgIpc) is 3.54. The third-order valence-corrected chi connectivity index (χ3v) is 7.35. The fourth-order valence-corrected chi connectivity index (χ4v) is 5.39. The molecule has 0 spiro atoms. The maximum absolute atomic E-state index is 14.0. The minimum absolute atomic E-state index is 0.135. The van der Waals surface area contributed by atoms with Gasteiger partial charge in [-0.3, -0.25) is 4.79 Å². The second kappa shape index (κ2) is 9.75. The highest BCUT2D eigenvalue weighted by atomic mass is 16.5. The Balaban J connectivity index is 1.42. The lowest BCUT2D eigenvalue weighted by molar-refractivity contribution is 0.101. The first-order valence-corrected chi connectivity index (χ1v) is 13.2. The van der Waals surface area contributed by atoms with Crippen molar-refractivity contribution in [2.45, 2.75) is 0 Å². The molecule has 1 aliphatic heterocycles. The largest absolute Gasteiger partial charge is 0.497 e. The SMILES string of the molecule is COc1ccc2[nH]c(-c3ccccc3)c(/C=C3\Oc4cc(-c5ccccc5)cc(-c5ccccc5)c4C3=O)c2c1. The first-order valence-electron chi connectivity index (χ1n) is 13.2. The Morgan fingerprint density at radius 1 is 0.700 bits per heavy atom. The lowest BCUT2D eigenvalue weighted by Gasteiger charge is -2.10. The molecule has 4 heteroatoms. The van der Waals surface area contributed by atoms with Crippen molar-refractivity contribution in [2.75, 3.05) is 7.11 Å². The quantitative estimate of drug-likeness (QED) is 0.232. The Labute approximate surface area is 232 Å². The molecule has 0 saturated heterocycles. The highest BCUT2D eigenvalue weighted by Crippen LogP contribution is 2.43. The van der Waals surface area contributed by atoms with Crippen molar-refractivity contribution in [2.24, 2.45) is 0 Å². The molecule has 2 heterocycles. The zero-order valence-electron chi connectivity index (χ0n) is 21.8. The molecule has 0 saturated carbocycles. The summed E-state index contributed by atoms with van der Waals surface area (Å²) in [4.78, 5) is 17.6. The molecule has 5 aromatic carbocycles. The van der Waals surface area contributed by atoms with Crippen LogP contribution in [0, 0.1) is 0 Å². The number of carbonyl (C=O) groups is 1. The Hall–Kier alpha value is -5.35. The number of Topliss-reactive ketones (excluding diaryl/α,β-unsaturated/α-hetero) is 1. The summed E-state index contributed by atoms with van der Waals surface area (Å²) < 4.78 is 11.9. The normalized spacial score (nSPS) is 13.4. The highest BCUT2D eigenvalue weighted by Gasteiger charge is 2.32. The maximum Gasteiger partial charge on any atom is 0.232 e. The molecule has 0 atom stereocenters. The molecule has 1 aromatic heterocycles. The third kappa shape index (κ3) is 4.07. The van der Waals surface area contributed by atoms with Crippen LogP contribution in [0.15, 0.2) is 127 Å². The van der Waals surface area contributed by atoms with Gasteiger partial charge in [0.25, 0.3) is 0 Å². The van der Waals surface area contributed by atoms with Crippen LogP contribution in [0.1, 0.15) is 15.9 Å². The summed E-state index contributed by atoms with van der Waals surface area (Å²) in [5.41, 5.74) is 8.22. The smallest absolute Gasteiger partial charge is 0.232 e. The Morgan fingerprint density at radius 3 is 2.02 bits per heavy atom. The van der Waals surface area contributed by atoms with E-state index in [4.69, 9.17) is 9.47 Å². The van der Waals surface area contributed by atoms with Gasteiger partial charge in [-0.15, -0.1) is 0 Å². The van der Waals surface area contributed by atoms with Crippen molar-refractivity contribution >= 4 is 22.8 Å². The lowest BCUT2D eigenvalue weighted by atomic mass is 9.92. The summed E-state index contributed by atoms with van der Waals surface area (Å²) >= 11 is 0. The van der Waals surface area contributed by atoms with Crippen molar-refractivity contribution in [1.82, 2.24) is 4.98 Å². The molecule has 192 valence electrons. The number of benzene rings is 5. The molecule has 0 aliphatic carbocycles. The zero-order valence-corrected chi connectivity index (χ0v) is 21.8. The first-order chi connectivity index (χ1) is 19.7.